The van der Waals surface area contributed by atoms with Gasteiger partial charge in [-0.2, -0.15) is 0 Å². The first-order chi connectivity index (χ1) is 18.4. The molecule has 1 unspecified atom stereocenters. The molecular formula is C28H43NO11. The van der Waals surface area contributed by atoms with Crippen molar-refractivity contribution < 1.29 is 52.3 Å². The van der Waals surface area contributed by atoms with Crippen LogP contribution in [0.5, 0.6) is 11.5 Å². The van der Waals surface area contributed by atoms with Crippen LogP contribution in [0.15, 0.2) is 18.2 Å². The van der Waals surface area contributed by atoms with E-state index in [-0.39, 0.29) is 30.6 Å². The molecule has 0 amide bonds. The molecule has 0 fully saturated rings. The molecule has 2 N–H and O–H groups in total. The van der Waals surface area contributed by atoms with Gasteiger partial charge in [-0.3, -0.25) is 4.79 Å². The Kier molecular flexibility index (Phi) is 13.2. The Morgan fingerprint density at radius 3 is 1.85 bits per heavy atom. The molecule has 0 aliphatic rings. The van der Waals surface area contributed by atoms with E-state index in [2.05, 4.69) is 0 Å². The van der Waals surface area contributed by atoms with Crippen molar-refractivity contribution in [3.05, 3.63) is 23.8 Å². The van der Waals surface area contributed by atoms with Gasteiger partial charge < -0.3 is 38.9 Å². The topological polar surface area (TPSA) is 159 Å². The molecule has 0 aromatic heterocycles. The molecule has 40 heavy (non-hydrogen) atoms. The lowest BCUT2D eigenvalue weighted by molar-refractivity contribution is -0.148. The van der Waals surface area contributed by atoms with Crippen LogP contribution in [0.1, 0.15) is 80.7 Å². The predicted octanol–water partition coefficient (Wildman–Crippen LogP) is 5.46. The zero-order chi connectivity index (χ0) is 30.7. The van der Waals surface area contributed by atoms with Gasteiger partial charge in [-0.1, -0.05) is 19.4 Å². The number of ether oxygens (including phenoxy) is 7. The molecule has 0 saturated carbocycles. The second-order valence-corrected chi connectivity index (χ2v) is 11.3. The van der Waals surface area contributed by atoms with E-state index in [1.54, 1.807) is 55.4 Å². The van der Waals surface area contributed by atoms with E-state index in [0.717, 1.165) is 6.42 Å². The summed E-state index contributed by atoms with van der Waals surface area (Å²) in [5.41, 5.74) is 4.84. The van der Waals surface area contributed by atoms with E-state index in [0.29, 0.717) is 12.0 Å². The summed E-state index contributed by atoms with van der Waals surface area (Å²) in [6, 6.07) is 3.19. The first-order valence-corrected chi connectivity index (χ1v) is 13.1. The molecule has 1 aromatic carbocycles. The van der Waals surface area contributed by atoms with Crippen molar-refractivity contribution in [3.63, 3.8) is 0 Å². The molecule has 1 aromatic rings. The van der Waals surface area contributed by atoms with Gasteiger partial charge in [0.2, 0.25) is 0 Å². The molecule has 3 atom stereocenters. The molecule has 226 valence electrons. The van der Waals surface area contributed by atoms with Crippen molar-refractivity contribution in [3.8, 4) is 11.5 Å². The average Bonchev–Trinajstić information content (AvgIpc) is 2.76. The summed E-state index contributed by atoms with van der Waals surface area (Å²) in [6.07, 6.45) is -2.38. The van der Waals surface area contributed by atoms with Gasteiger partial charge in [0.25, 0.3) is 0 Å². The van der Waals surface area contributed by atoms with Gasteiger partial charge in [-0.25, -0.2) is 14.4 Å². The number of benzene rings is 1. The average molecular weight is 570 g/mol. The molecule has 0 aliphatic heterocycles. The van der Waals surface area contributed by atoms with E-state index in [1.165, 1.54) is 18.2 Å². The molecule has 12 heteroatoms. The number of nitrogens with two attached hydrogens (primary N) is 1. The summed E-state index contributed by atoms with van der Waals surface area (Å²) in [5, 5.41) is 0. The molecular weight excluding hydrogens is 526 g/mol. The maximum atomic E-state index is 12.5. The molecule has 1 rings (SSSR count). The molecule has 0 spiro atoms. The third-order valence-corrected chi connectivity index (χ3v) is 4.68. The summed E-state index contributed by atoms with van der Waals surface area (Å²) in [6.45, 7) is 15.0. The fourth-order valence-corrected chi connectivity index (χ4v) is 3.06. The van der Waals surface area contributed by atoms with Crippen LogP contribution in [0.3, 0.4) is 0 Å². The third-order valence-electron chi connectivity index (χ3n) is 4.68. The standard InChI is InChI=1S/C28H43NO11/c1-10-11-17(2)35-24(31)36-18(3)16-34-23(30)20(29)14-19-12-13-21(37-25(32)39-27(4,5)6)22(15-19)38-26(33)40-28(7,8)9/h12-13,15,17-18,20H,10-11,14,16,29H2,1-9H3/t17?,18-,20-/m0/s1. The van der Waals surface area contributed by atoms with Crippen molar-refractivity contribution in [2.45, 2.75) is 111 Å². The zero-order valence-electron chi connectivity index (χ0n) is 24.9. The van der Waals surface area contributed by atoms with Crippen LogP contribution < -0.4 is 15.2 Å². The van der Waals surface area contributed by atoms with Crippen molar-refractivity contribution in [2.24, 2.45) is 5.73 Å². The number of carbonyl (C=O) groups excluding carboxylic acids is 4. The summed E-state index contributed by atoms with van der Waals surface area (Å²) in [7, 11) is 0. The lowest BCUT2D eigenvalue weighted by Gasteiger charge is -2.21. The smallest absolute Gasteiger partial charge is 0.461 e. The van der Waals surface area contributed by atoms with Crippen LogP contribution in [0.2, 0.25) is 0 Å². The van der Waals surface area contributed by atoms with Gasteiger partial charge in [0, 0.05) is 0 Å². The van der Waals surface area contributed by atoms with Crippen LogP contribution in [0.4, 0.5) is 14.4 Å². The highest BCUT2D eigenvalue weighted by Crippen LogP contribution is 2.31. The van der Waals surface area contributed by atoms with Crippen LogP contribution >= 0.6 is 0 Å². The van der Waals surface area contributed by atoms with Gasteiger partial charge in [0.1, 0.15) is 36.1 Å². The van der Waals surface area contributed by atoms with E-state index in [1.807, 2.05) is 6.92 Å². The summed E-state index contributed by atoms with van der Waals surface area (Å²) >= 11 is 0. The van der Waals surface area contributed by atoms with Crippen molar-refractivity contribution in [1.82, 2.24) is 0 Å². The fourth-order valence-electron chi connectivity index (χ4n) is 3.06. The highest BCUT2D eigenvalue weighted by atomic mass is 16.8. The third kappa shape index (κ3) is 14.6. The van der Waals surface area contributed by atoms with Gasteiger partial charge in [-0.15, -0.1) is 0 Å². The van der Waals surface area contributed by atoms with E-state index in [4.69, 9.17) is 38.9 Å². The highest BCUT2D eigenvalue weighted by Gasteiger charge is 2.25. The summed E-state index contributed by atoms with van der Waals surface area (Å²) in [4.78, 5) is 48.7. The zero-order valence-corrected chi connectivity index (χ0v) is 24.9. The Morgan fingerprint density at radius 1 is 0.800 bits per heavy atom. The van der Waals surface area contributed by atoms with Gasteiger partial charge in [-0.05, 0) is 85.9 Å². The van der Waals surface area contributed by atoms with Crippen LogP contribution in [-0.4, -0.2) is 60.5 Å². The lowest BCUT2D eigenvalue weighted by atomic mass is 10.1. The monoisotopic (exact) mass is 569 g/mol. The summed E-state index contributed by atoms with van der Waals surface area (Å²) < 4.78 is 36.2. The number of esters is 1. The normalized spacial score (nSPS) is 13.8. The Bertz CT molecular complexity index is 1010. The van der Waals surface area contributed by atoms with Gasteiger partial charge in [0.05, 0.1) is 0 Å². The van der Waals surface area contributed by atoms with E-state index >= 15 is 0 Å². The minimum atomic E-state index is -1.10. The Morgan fingerprint density at radius 2 is 1.32 bits per heavy atom. The summed E-state index contributed by atoms with van der Waals surface area (Å²) in [5.74, 6) is -0.992. The second kappa shape index (κ2) is 15.3. The van der Waals surface area contributed by atoms with Crippen molar-refractivity contribution in [2.75, 3.05) is 6.61 Å². The fraction of sp³-hybridized carbons (Fsp3) is 0.643. The lowest BCUT2D eigenvalue weighted by Crippen LogP contribution is -2.36. The Balaban J connectivity index is 2.87. The van der Waals surface area contributed by atoms with E-state index < -0.39 is 47.8 Å². The maximum Gasteiger partial charge on any atom is 0.514 e. The molecule has 0 saturated heterocycles. The Labute approximate surface area is 235 Å². The predicted molar refractivity (Wildman–Crippen MR) is 144 cm³/mol. The first-order valence-electron chi connectivity index (χ1n) is 13.1. The minimum Gasteiger partial charge on any atom is -0.461 e. The molecule has 0 radical (unpaired) electrons. The number of hydrogen-bond acceptors (Lipinski definition) is 12. The largest absolute Gasteiger partial charge is 0.514 e. The minimum absolute atomic E-state index is 0.0119. The van der Waals surface area contributed by atoms with Crippen molar-refractivity contribution in [1.29, 1.82) is 0 Å². The highest BCUT2D eigenvalue weighted by molar-refractivity contribution is 5.76. The SMILES string of the molecule is CCCC(C)OC(=O)O[C@@H](C)COC(=O)[C@@H](N)Cc1ccc(OC(=O)OC(C)(C)C)c(OC(=O)OC(C)(C)C)c1. The van der Waals surface area contributed by atoms with Gasteiger partial charge >= 0.3 is 24.4 Å². The number of carbonyl (C=O) groups is 4. The van der Waals surface area contributed by atoms with Crippen molar-refractivity contribution >= 4 is 24.4 Å². The second-order valence-electron chi connectivity index (χ2n) is 11.3. The van der Waals surface area contributed by atoms with Crippen LogP contribution in [0.25, 0.3) is 0 Å². The van der Waals surface area contributed by atoms with Crippen LogP contribution in [-0.2, 0) is 34.9 Å². The Hall–Kier alpha value is -3.54. The van der Waals surface area contributed by atoms with E-state index in [9.17, 15) is 19.2 Å². The quantitative estimate of drug-likeness (QED) is 0.204. The molecule has 0 aliphatic carbocycles. The maximum absolute atomic E-state index is 12.5. The van der Waals surface area contributed by atoms with Gasteiger partial charge in [0.15, 0.2) is 11.5 Å². The number of hydrogen-bond donors (Lipinski definition) is 1. The first kappa shape index (κ1) is 34.5. The van der Waals surface area contributed by atoms with Crippen LogP contribution in [0, 0.1) is 0 Å². The number of rotatable bonds is 11. The molecule has 12 nitrogen and oxygen atoms in total. The molecule has 0 heterocycles. The molecule has 0 bridgehead atoms.